The Labute approximate surface area is 122 Å². The Morgan fingerprint density at radius 2 is 2.05 bits per heavy atom. The number of anilines is 2. The number of carbonyl (C=O) groups is 2. The number of nitrogens with two attached hydrogens (primary N) is 1. The maximum atomic E-state index is 11.9. The second kappa shape index (κ2) is 6.60. The highest BCUT2D eigenvalue weighted by Crippen LogP contribution is 2.38. The number of ether oxygens (including phenoxy) is 1. The third-order valence-electron chi connectivity index (χ3n) is 2.74. The summed E-state index contributed by atoms with van der Waals surface area (Å²) in [6.45, 7) is 4.90. The first-order chi connectivity index (χ1) is 9.33. The van der Waals surface area contributed by atoms with Crippen molar-refractivity contribution in [1.29, 1.82) is 0 Å². The van der Waals surface area contributed by atoms with Gasteiger partial charge in [-0.2, -0.15) is 0 Å². The zero-order valence-electron chi connectivity index (χ0n) is 12.4. The number of hydrogen-bond donors (Lipinski definition) is 2. The highest BCUT2D eigenvalue weighted by molar-refractivity contribution is 7.19. The van der Waals surface area contributed by atoms with Crippen molar-refractivity contribution in [2.24, 2.45) is 5.92 Å². The van der Waals surface area contributed by atoms with E-state index >= 15 is 0 Å². The molecule has 0 bridgehead atoms. The van der Waals surface area contributed by atoms with Crippen molar-refractivity contribution in [3.8, 4) is 0 Å². The molecular weight excluding hydrogens is 278 g/mol. The Balaban J connectivity index is 3.34. The molecule has 0 saturated carbocycles. The molecule has 0 unspecified atom stereocenters. The molecule has 1 rings (SSSR count). The fourth-order valence-electron chi connectivity index (χ4n) is 1.91. The molecule has 0 aliphatic rings. The van der Waals surface area contributed by atoms with E-state index in [0.29, 0.717) is 15.8 Å². The van der Waals surface area contributed by atoms with Crippen molar-refractivity contribution in [2.45, 2.75) is 13.8 Å². The van der Waals surface area contributed by atoms with Crippen LogP contribution in [-0.2, 0) is 4.74 Å². The molecule has 6 nitrogen and oxygen atoms in total. The predicted molar refractivity (Wildman–Crippen MR) is 81.6 cm³/mol. The zero-order chi connectivity index (χ0) is 15.4. The van der Waals surface area contributed by atoms with Crippen LogP contribution in [0.3, 0.4) is 0 Å². The number of hydrogen-bond acceptors (Lipinski definition) is 6. The molecule has 1 aromatic heterocycles. The minimum absolute atomic E-state index is 0.173. The van der Waals surface area contributed by atoms with Crippen molar-refractivity contribution in [1.82, 2.24) is 5.32 Å². The van der Waals surface area contributed by atoms with E-state index in [1.54, 1.807) is 0 Å². The average Bonchev–Trinajstić information content (AvgIpc) is 2.74. The van der Waals surface area contributed by atoms with Gasteiger partial charge in [0.1, 0.15) is 15.4 Å². The third-order valence-corrected chi connectivity index (χ3v) is 4.05. The van der Waals surface area contributed by atoms with E-state index in [4.69, 9.17) is 10.5 Å². The van der Waals surface area contributed by atoms with E-state index in [9.17, 15) is 9.59 Å². The van der Waals surface area contributed by atoms with Gasteiger partial charge in [-0.25, -0.2) is 4.79 Å². The third kappa shape index (κ3) is 3.22. The van der Waals surface area contributed by atoms with Crippen molar-refractivity contribution in [3.05, 3.63) is 10.4 Å². The molecule has 0 radical (unpaired) electrons. The quantitative estimate of drug-likeness (QED) is 0.806. The van der Waals surface area contributed by atoms with Gasteiger partial charge in [0.15, 0.2) is 0 Å². The van der Waals surface area contributed by atoms with Crippen LogP contribution in [0.1, 0.15) is 33.9 Å². The molecule has 0 spiro atoms. The molecule has 0 aromatic carbocycles. The van der Waals surface area contributed by atoms with Crippen LogP contribution in [0, 0.1) is 5.92 Å². The smallest absolute Gasteiger partial charge is 0.343 e. The normalized spacial score (nSPS) is 10.5. The summed E-state index contributed by atoms with van der Waals surface area (Å²) in [6.07, 6.45) is 0. The van der Waals surface area contributed by atoms with E-state index in [2.05, 4.69) is 19.2 Å². The first-order valence-electron chi connectivity index (χ1n) is 6.27. The fraction of sp³-hybridized carbons (Fsp3) is 0.538. The maximum Gasteiger partial charge on any atom is 0.343 e. The zero-order valence-corrected chi connectivity index (χ0v) is 13.3. The van der Waals surface area contributed by atoms with Crippen LogP contribution in [0.5, 0.6) is 0 Å². The summed E-state index contributed by atoms with van der Waals surface area (Å²) in [5.41, 5.74) is 6.38. The van der Waals surface area contributed by atoms with Gasteiger partial charge in [0, 0.05) is 20.6 Å². The van der Waals surface area contributed by atoms with Gasteiger partial charge in [0.2, 0.25) is 0 Å². The van der Waals surface area contributed by atoms with Gasteiger partial charge >= 0.3 is 5.97 Å². The second-order valence-corrected chi connectivity index (χ2v) is 5.87. The lowest BCUT2D eigenvalue weighted by molar-refractivity contribution is 0.0603. The molecule has 20 heavy (non-hydrogen) atoms. The summed E-state index contributed by atoms with van der Waals surface area (Å²) >= 11 is 1.20. The number of rotatable bonds is 5. The number of nitrogens with zero attached hydrogens (tertiary/aromatic N) is 1. The average molecular weight is 299 g/mol. The van der Waals surface area contributed by atoms with E-state index < -0.39 is 5.97 Å². The van der Waals surface area contributed by atoms with Crippen LogP contribution in [0.15, 0.2) is 0 Å². The van der Waals surface area contributed by atoms with Gasteiger partial charge in [0.05, 0.1) is 12.8 Å². The minimum atomic E-state index is -0.528. The lowest BCUT2D eigenvalue weighted by atomic mass is 10.2. The standard InChI is InChI=1S/C13H21N3O3S/c1-7(2)6-16(4)12-8(13(18)19-5)9(14)10(20-12)11(17)15-3/h7H,6,14H2,1-5H3,(H,15,17). The van der Waals surface area contributed by atoms with Gasteiger partial charge in [-0.1, -0.05) is 13.8 Å². The molecule has 0 aliphatic heterocycles. The first-order valence-corrected chi connectivity index (χ1v) is 7.08. The van der Waals surface area contributed by atoms with Crippen molar-refractivity contribution in [3.63, 3.8) is 0 Å². The molecule has 1 amide bonds. The highest BCUT2D eigenvalue weighted by Gasteiger charge is 2.27. The van der Waals surface area contributed by atoms with E-state index in [-0.39, 0.29) is 17.2 Å². The number of amides is 1. The highest BCUT2D eigenvalue weighted by atomic mass is 32.1. The van der Waals surface area contributed by atoms with Gasteiger partial charge in [0.25, 0.3) is 5.91 Å². The van der Waals surface area contributed by atoms with Crippen LogP contribution in [0.25, 0.3) is 0 Å². The molecule has 1 heterocycles. The van der Waals surface area contributed by atoms with E-state index in [1.165, 1.54) is 25.5 Å². The van der Waals surface area contributed by atoms with Crippen LogP contribution < -0.4 is 16.0 Å². The SMILES string of the molecule is CNC(=O)c1sc(N(C)CC(C)C)c(C(=O)OC)c1N. The predicted octanol–water partition coefficient (Wildman–Crippen LogP) is 1.57. The van der Waals surface area contributed by atoms with Crippen molar-refractivity contribution < 1.29 is 14.3 Å². The lowest BCUT2D eigenvalue weighted by Gasteiger charge is -2.20. The van der Waals surface area contributed by atoms with Crippen molar-refractivity contribution >= 4 is 33.9 Å². The maximum absolute atomic E-state index is 11.9. The van der Waals surface area contributed by atoms with Gasteiger partial charge in [-0.3, -0.25) is 4.79 Å². The molecule has 0 fully saturated rings. The summed E-state index contributed by atoms with van der Waals surface area (Å²) in [7, 11) is 4.69. The number of carbonyl (C=O) groups excluding carboxylic acids is 2. The second-order valence-electron chi connectivity index (χ2n) is 4.87. The molecule has 0 atom stereocenters. The van der Waals surface area contributed by atoms with Gasteiger partial charge < -0.3 is 20.7 Å². The molecule has 0 aliphatic carbocycles. The molecule has 0 saturated heterocycles. The first kappa shape index (κ1) is 16.3. The van der Waals surface area contributed by atoms with Crippen LogP contribution >= 0.6 is 11.3 Å². The summed E-state index contributed by atoms with van der Waals surface area (Å²) in [4.78, 5) is 26.0. The number of nitrogens with one attached hydrogen (secondary N) is 1. The van der Waals surface area contributed by atoms with Gasteiger partial charge in [-0.15, -0.1) is 11.3 Å². The minimum Gasteiger partial charge on any atom is -0.465 e. The summed E-state index contributed by atoms with van der Waals surface area (Å²) in [5.74, 6) is -0.418. The number of methoxy groups -OCH3 is 1. The Morgan fingerprint density at radius 3 is 2.50 bits per heavy atom. The van der Waals surface area contributed by atoms with Crippen LogP contribution in [0.2, 0.25) is 0 Å². The molecule has 7 heteroatoms. The molecule has 3 N–H and O–H groups in total. The molecule has 1 aromatic rings. The van der Waals surface area contributed by atoms with E-state index in [1.807, 2.05) is 11.9 Å². The van der Waals surface area contributed by atoms with Crippen LogP contribution in [-0.4, -0.2) is 39.6 Å². The molecular formula is C13H21N3O3S. The summed E-state index contributed by atoms with van der Waals surface area (Å²) < 4.78 is 4.77. The monoisotopic (exact) mass is 299 g/mol. The lowest BCUT2D eigenvalue weighted by Crippen LogP contribution is -2.23. The Hall–Kier alpha value is -1.76. The number of esters is 1. The largest absolute Gasteiger partial charge is 0.465 e. The number of nitrogen functional groups attached to an aromatic ring is 1. The summed E-state index contributed by atoms with van der Waals surface area (Å²) in [5, 5.41) is 3.17. The number of thiophene rings is 1. The fourth-order valence-corrected chi connectivity index (χ4v) is 3.04. The van der Waals surface area contributed by atoms with Gasteiger partial charge in [-0.05, 0) is 5.92 Å². The van der Waals surface area contributed by atoms with Crippen LogP contribution in [0.4, 0.5) is 10.7 Å². The summed E-state index contributed by atoms with van der Waals surface area (Å²) in [6, 6.07) is 0. The Kier molecular flexibility index (Phi) is 5.38. The topological polar surface area (TPSA) is 84.7 Å². The van der Waals surface area contributed by atoms with E-state index in [0.717, 1.165) is 6.54 Å². The Morgan fingerprint density at radius 1 is 1.45 bits per heavy atom. The van der Waals surface area contributed by atoms with Crippen molar-refractivity contribution in [2.75, 3.05) is 38.4 Å². The molecule has 112 valence electrons. The Bertz CT molecular complexity index is 511.